The van der Waals surface area contributed by atoms with E-state index in [1.54, 1.807) is 0 Å². The molecule has 3 atom stereocenters. The first-order valence-corrected chi connectivity index (χ1v) is 23.2. The lowest BCUT2D eigenvalue weighted by Gasteiger charge is -2.20. The van der Waals surface area contributed by atoms with Crippen molar-refractivity contribution >= 4 is 41.5 Å². The quantitative estimate of drug-likeness (QED) is 0.0346. The van der Waals surface area contributed by atoms with E-state index in [0.717, 1.165) is 38.5 Å². The van der Waals surface area contributed by atoms with Gasteiger partial charge in [-0.1, -0.05) is 168 Å². The molecule has 0 aliphatic heterocycles. The number of carboxylic acids is 1. The molecule has 0 spiro atoms. The lowest BCUT2D eigenvalue weighted by atomic mass is 10.0. The third-order valence-corrected chi connectivity index (χ3v) is 11.0. The molecule has 0 heterocycles. The summed E-state index contributed by atoms with van der Waals surface area (Å²) in [7, 11) is 0. The number of aliphatic carboxylic acids is 1. The minimum absolute atomic E-state index is 0.0587. The van der Waals surface area contributed by atoms with Crippen LogP contribution >= 0.6 is 11.8 Å². The van der Waals surface area contributed by atoms with Gasteiger partial charge >= 0.3 is 17.9 Å². The van der Waals surface area contributed by atoms with Gasteiger partial charge in [0.1, 0.15) is 25.3 Å². The highest BCUT2D eigenvalue weighted by atomic mass is 32.2. The summed E-state index contributed by atoms with van der Waals surface area (Å²) < 4.78 is 11.3. The molecule has 55 heavy (non-hydrogen) atoms. The largest absolute Gasteiger partial charge is 0.480 e. The smallest absolute Gasteiger partial charge is 0.322 e. The highest BCUT2D eigenvalue weighted by Gasteiger charge is 2.22. The number of thioether (sulfide) groups is 1. The molecule has 11 nitrogen and oxygen atoms in total. The van der Waals surface area contributed by atoms with Gasteiger partial charge in [0.2, 0.25) is 11.8 Å². The number of ether oxygens (including phenoxy) is 2. The number of hydrogen-bond donors (Lipinski definition) is 4. The zero-order valence-corrected chi connectivity index (χ0v) is 36.0. The molecule has 0 bridgehead atoms. The van der Waals surface area contributed by atoms with Crippen LogP contribution in [0.4, 0.5) is 0 Å². The maximum Gasteiger partial charge on any atom is 0.322 e. The van der Waals surface area contributed by atoms with Crippen molar-refractivity contribution in [2.24, 2.45) is 5.73 Å². The summed E-state index contributed by atoms with van der Waals surface area (Å²) in [5, 5.41) is 13.4. The van der Waals surface area contributed by atoms with Crippen molar-refractivity contribution in [2.75, 3.05) is 24.7 Å². The molecule has 5 N–H and O–H groups in total. The zero-order chi connectivity index (χ0) is 40.8. The molecule has 0 rings (SSSR count). The Labute approximate surface area is 338 Å². The first kappa shape index (κ1) is 52.7. The Morgan fingerprint density at radius 3 is 1.40 bits per heavy atom. The van der Waals surface area contributed by atoms with Crippen LogP contribution in [0.5, 0.6) is 0 Å². The Balaban J connectivity index is 4.54. The van der Waals surface area contributed by atoms with Crippen molar-refractivity contribution < 1.29 is 38.6 Å². The molecule has 12 heteroatoms. The molecule has 322 valence electrons. The number of rotatable bonds is 40. The fourth-order valence-corrected chi connectivity index (χ4v) is 7.27. The van der Waals surface area contributed by atoms with E-state index in [9.17, 15) is 24.0 Å². The Bertz CT molecular complexity index is 986. The Morgan fingerprint density at radius 1 is 0.582 bits per heavy atom. The van der Waals surface area contributed by atoms with Gasteiger partial charge in [-0.25, -0.2) is 0 Å². The standard InChI is InChI=1S/C43H81N3O8S/c1-4-6-8-10-12-14-16-18-20-22-24-26-28-30-40(49)53-33-37(34-55-35-38(44)43(52)46-36(3)42(51)45-32-39(47)48)54-41(50)31-29-27-25-23-21-19-17-15-13-11-9-7-5-2/h36-38H,4-35,44H2,1-3H3,(H,45,51)(H,46,52)(H,47,48)/t36-,37+,38-/m0/s1. The van der Waals surface area contributed by atoms with E-state index in [-0.39, 0.29) is 30.1 Å². The van der Waals surface area contributed by atoms with Gasteiger partial charge < -0.3 is 30.9 Å². The molecule has 0 aliphatic carbocycles. The number of amides is 2. The monoisotopic (exact) mass is 800 g/mol. The topological polar surface area (TPSA) is 174 Å². The number of unbranched alkanes of at least 4 members (excludes halogenated alkanes) is 24. The zero-order valence-electron chi connectivity index (χ0n) is 35.2. The van der Waals surface area contributed by atoms with Crippen molar-refractivity contribution in [1.82, 2.24) is 10.6 Å². The second-order valence-electron chi connectivity index (χ2n) is 15.3. The average molecular weight is 800 g/mol. The first-order valence-electron chi connectivity index (χ1n) is 22.1. The van der Waals surface area contributed by atoms with Crippen LogP contribution in [0.3, 0.4) is 0 Å². The van der Waals surface area contributed by atoms with Crippen molar-refractivity contribution in [2.45, 2.75) is 219 Å². The Morgan fingerprint density at radius 2 is 0.982 bits per heavy atom. The Hall–Kier alpha value is -2.34. The summed E-state index contributed by atoms with van der Waals surface area (Å²) in [6, 6.07) is -1.92. The Kier molecular flexibility index (Phi) is 36.9. The van der Waals surface area contributed by atoms with E-state index < -0.39 is 42.5 Å². The minimum Gasteiger partial charge on any atom is -0.480 e. The summed E-state index contributed by atoms with van der Waals surface area (Å²) in [6.45, 7) is 5.32. The SMILES string of the molecule is CCCCCCCCCCCCCCCC(=O)OC[C@H](CSC[C@H](N)C(=O)N[C@@H](C)C(=O)NCC(=O)O)OC(=O)CCCCCCCCCCCCCCC. The molecule has 0 aliphatic rings. The highest BCUT2D eigenvalue weighted by Crippen LogP contribution is 2.16. The predicted molar refractivity (Wildman–Crippen MR) is 225 cm³/mol. The normalized spacial score (nSPS) is 12.8. The summed E-state index contributed by atoms with van der Waals surface area (Å²) >= 11 is 1.29. The van der Waals surface area contributed by atoms with Crippen molar-refractivity contribution in [1.29, 1.82) is 0 Å². The van der Waals surface area contributed by atoms with Gasteiger partial charge in [0.05, 0.1) is 6.04 Å². The van der Waals surface area contributed by atoms with Crippen LogP contribution in [0.1, 0.15) is 201 Å². The van der Waals surface area contributed by atoms with E-state index in [1.165, 1.54) is 147 Å². The first-order chi connectivity index (χ1) is 26.6. The van der Waals surface area contributed by atoms with E-state index >= 15 is 0 Å². The molecule has 2 amide bonds. The van der Waals surface area contributed by atoms with Crippen molar-refractivity contribution in [3.63, 3.8) is 0 Å². The van der Waals surface area contributed by atoms with Crippen molar-refractivity contribution in [3.05, 3.63) is 0 Å². The third-order valence-electron chi connectivity index (χ3n) is 9.80. The maximum atomic E-state index is 12.8. The molecular formula is C43H81N3O8S. The number of nitrogens with one attached hydrogen (secondary N) is 2. The second kappa shape index (κ2) is 38.5. The number of carboxylic acid groups (broad SMARTS) is 1. The maximum absolute atomic E-state index is 12.8. The van der Waals surface area contributed by atoms with Crippen LogP contribution in [0.25, 0.3) is 0 Å². The number of esters is 2. The van der Waals surface area contributed by atoms with E-state index in [1.807, 2.05) is 0 Å². The van der Waals surface area contributed by atoms with Gasteiger partial charge in [0.25, 0.3) is 0 Å². The highest BCUT2D eigenvalue weighted by molar-refractivity contribution is 7.99. The van der Waals surface area contributed by atoms with Crippen LogP contribution in [-0.2, 0) is 33.4 Å². The molecule has 0 radical (unpaired) electrons. The molecule has 0 saturated carbocycles. The average Bonchev–Trinajstić information content (AvgIpc) is 3.16. The lowest BCUT2D eigenvalue weighted by molar-refractivity contribution is -0.157. The van der Waals surface area contributed by atoms with Crippen molar-refractivity contribution in [3.8, 4) is 0 Å². The lowest BCUT2D eigenvalue weighted by Crippen LogP contribution is -2.51. The third kappa shape index (κ3) is 35.8. The fraction of sp³-hybridized carbons (Fsp3) is 0.884. The van der Waals surface area contributed by atoms with Gasteiger partial charge in [0, 0.05) is 24.3 Å². The molecule has 0 aromatic heterocycles. The number of hydrogen-bond acceptors (Lipinski definition) is 9. The van der Waals surface area contributed by atoms with Crippen LogP contribution < -0.4 is 16.4 Å². The predicted octanol–water partition coefficient (Wildman–Crippen LogP) is 9.17. The summed E-state index contributed by atoms with van der Waals surface area (Å²) in [5.74, 6) is -2.57. The van der Waals surface area contributed by atoms with Gasteiger partial charge in [-0.15, -0.1) is 0 Å². The molecule has 0 fully saturated rings. The van der Waals surface area contributed by atoms with Gasteiger partial charge in [-0.05, 0) is 19.8 Å². The second-order valence-corrected chi connectivity index (χ2v) is 16.3. The molecule has 0 unspecified atom stereocenters. The van der Waals surface area contributed by atoms with Crippen LogP contribution in [-0.4, -0.2) is 77.7 Å². The van der Waals surface area contributed by atoms with E-state index in [4.69, 9.17) is 20.3 Å². The number of carbonyl (C=O) groups excluding carboxylic acids is 4. The number of carbonyl (C=O) groups is 5. The van der Waals surface area contributed by atoms with E-state index in [2.05, 4.69) is 24.5 Å². The molecule has 0 aromatic rings. The van der Waals surface area contributed by atoms with E-state index in [0.29, 0.717) is 12.8 Å². The van der Waals surface area contributed by atoms with Crippen LogP contribution in [0, 0.1) is 0 Å². The molecule has 0 saturated heterocycles. The number of nitrogens with two attached hydrogens (primary N) is 1. The summed E-state index contributed by atoms with van der Waals surface area (Å²) in [5.41, 5.74) is 6.05. The van der Waals surface area contributed by atoms with Crippen LogP contribution in [0.2, 0.25) is 0 Å². The van der Waals surface area contributed by atoms with Crippen LogP contribution in [0.15, 0.2) is 0 Å². The molecule has 0 aromatic carbocycles. The van der Waals surface area contributed by atoms with Gasteiger partial charge in [0.15, 0.2) is 0 Å². The minimum atomic E-state index is -1.19. The summed E-state index contributed by atoms with van der Waals surface area (Å²) in [6.07, 6.45) is 31.7. The fourth-order valence-electron chi connectivity index (χ4n) is 6.30. The molecular weight excluding hydrogens is 719 g/mol. The van der Waals surface area contributed by atoms with Gasteiger partial charge in [-0.3, -0.25) is 24.0 Å². The summed E-state index contributed by atoms with van der Waals surface area (Å²) in [4.78, 5) is 60.5. The van der Waals surface area contributed by atoms with Gasteiger partial charge in [-0.2, -0.15) is 11.8 Å².